The van der Waals surface area contributed by atoms with Gasteiger partial charge in [0.1, 0.15) is 5.54 Å². The molecule has 0 atom stereocenters. The molecule has 0 aromatic heterocycles. The molecule has 1 aliphatic heterocycles. The lowest BCUT2D eigenvalue weighted by Crippen LogP contribution is -2.52. The molecular formula is C9H14N2O2. The van der Waals surface area contributed by atoms with Gasteiger partial charge in [0.05, 0.1) is 0 Å². The molecule has 72 valence electrons. The molecule has 2 aliphatic rings. The van der Waals surface area contributed by atoms with Crippen LogP contribution in [0, 0.1) is 0 Å². The highest BCUT2D eigenvalue weighted by Gasteiger charge is 2.55. The van der Waals surface area contributed by atoms with E-state index in [0.29, 0.717) is 0 Å². The molecule has 3 amide bonds. The summed E-state index contributed by atoms with van der Waals surface area (Å²) in [6.45, 7) is 3.71. The van der Waals surface area contributed by atoms with Gasteiger partial charge in [0.25, 0.3) is 5.91 Å². The van der Waals surface area contributed by atoms with Gasteiger partial charge < -0.3 is 5.32 Å². The molecule has 4 nitrogen and oxygen atoms in total. The van der Waals surface area contributed by atoms with E-state index in [1.807, 2.05) is 13.8 Å². The summed E-state index contributed by atoms with van der Waals surface area (Å²) in [7, 11) is 0. The number of carbonyl (C=O) groups excluding carboxylic acids is 2. The van der Waals surface area contributed by atoms with E-state index in [4.69, 9.17) is 0 Å². The highest BCUT2D eigenvalue weighted by atomic mass is 16.2. The maximum Gasteiger partial charge on any atom is 0.325 e. The van der Waals surface area contributed by atoms with Crippen molar-refractivity contribution in [3.63, 3.8) is 0 Å². The van der Waals surface area contributed by atoms with Gasteiger partial charge in [-0.25, -0.2) is 4.79 Å². The molecule has 2 fully saturated rings. The van der Waals surface area contributed by atoms with E-state index in [1.54, 1.807) is 0 Å². The summed E-state index contributed by atoms with van der Waals surface area (Å²) < 4.78 is 0. The number of carbonyl (C=O) groups is 2. The predicted octanol–water partition coefficient (Wildman–Crippen LogP) is 0.869. The smallest absolute Gasteiger partial charge is 0.323 e. The number of rotatable bonds is 1. The van der Waals surface area contributed by atoms with Crippen molar-refractivity contribution < 1.29 is 9.59 Å². The van der Waals surface area contributed by atoms with Gasteiger partial charge in [-0.3, -0.25) is 9.69 Å². The number of hydrogen-bond acceptors (Lipinski definition) is 2. The van der Waals surface area contributed by atoms with Crippen molar-refractivity contribution in [3.05, 3.63) is 0 Å². The van der Waals surface area contributed by atoms with E-state index < -0.39 is 5.54 Å². The number of amides is 3. The quantitative estimate of drug-likeness (QED) is 0.612. The van der Waals surface area contributed by atoms with Gasteiger partial charge in [-0.05, 0) is 33.1 Å². The standard InChI is InChI=1S/C9H14N2O2/c1-6(2)11-7(12)9(4-3-5-9)10-8(11)13/h6H,3-5H2,1-2H3,(H,10,13). The highest BCUT2D eigenvalue weighted by Crippen LogP contribution is 2.37. The molecule has 0 radical (unpaired) electrons. The molecule has 4 heteroatoms. The third-order valence-corrected chi connectivity index (χ3v) is 2.92. The summed E-state index contributed by atoms with van der Waals surface area (Å²) in [5.74, 6) is -0.0289. The van der Waals surface area contributed by atoms with Gasteiger partial charge in [0.2, 0.25) is 0 Å². The molecule has 1 saturated heterocycles. The van der Waals surface area contributed by atoms with E-state index in [-0.39, 0.29) is 18.0 Å². The normalized spacial score (nSPS) is 25.3. The van der Waals surface area contributed by atoms with Crippen LogP contribution in [0.4, 0.5) is 4.79 Å². The molecule has 1 spiro atoms. The number of urea groups is 1. The summed E-state index contributed by atoms with van der Waals surface area (Å²) in [4.78, 5) is 24.6. The monoisotopic (exact) mass is 182 g/mol. The second-order valence-electron chi connectivity index (χ2n) is 4.13. The lowest BCUT2D eigenvalue weighted by Gasteiger charge is -2.35. The Morgan fingerprint density at radius 3 is 2.23 bits per heavy atom. The zero-order valence-corrected chi connectivity index (χ0v) is 7.96. The Kier molecular flexibility index (Phi) is 1.62. The van der Waals surface area contributed by atoms with Gasteiger partial charge >= 0.3 is 6.03 Å². The molecule has 2 rings (SSSR count). The molecule has 1 saturated carbocycles. The molecular weight excluding hydrogens is 168 g/mol. The van der Waals surface area contributed by atoms with Crippen LogP contribution in [0.15, 0.2) is 0 Å². The van der Waals surface area contributed by atoms with E-state index >= 15 is 0 Å². The number of hydrogen-bond donors (Lipinski definition) is 1. The summed E-state index contributed by atoms with van der Waals surface area (Å²) in [5.41, 5.74) is -0.513. The largest absolute Gasteiger partial charge is 0.325 e. The first-order valence-corrected chi connectivity index (χ1v) is 4.73. The Labute approximate surface area is 77.3 Å². The zero-order valence-electron chi connectivity index (χ0n) is 7.96. The highest BCUT2D eigenvalue weighted by molar-refractivity contribution is 6.07. The summed E-state index contributed by atoms with van der Waals surface area (Å²) in [6, 6.07) is -0.257. The van der Waals surface area contributed by atoms with Gasteiger partial charge in [0.15, 0.2) is 0 Å². The number of nitrogens with one attached hydrogen (secondary N) is 1. The average Bonchev–Trinajstić information content (AvgIpc) is 2.21. The Morgan fingerprint density at radius 1 is 1.38 bits per heavy atom. The first-order valence-electron chi connectivity index (χ1n) is 4.73. The minimum absolute atomic E-state index is 0.0289. The maximum absolute atomic E-state index is 11.8. The Hall–Kier alpha value is -1.06. The molecule has 13 heavy (non-hydrogen) atoms. The van der Waals surface area contributed by atoms with Crippen LogP contribution in [0.5, 0.6) is 0 Å². The van der Waals surface area contributed by atoms with Crippen molar-refractivity contribution in [1.29, 1.82) is 0 Å². The van der Waals surface area contributed by atoms with Crippen molar-refractivity contribution in [1.82, 2.24) is 10.2 Å². The second kappa shape index (κ2) is 2.47. The van der Waals surface area contributed by atoms with E-state index in [0.717, 1.165) is 19.3 Å². The fraction of sp³-hybridized carbons (Fsp3) is 0.778. The summed E-state index contributed by atoms with van der Waals surface area (Å²) in [6.07, 6.45) is 2.65. The lowest BCUT2D eigenvalue weighted by atomic mass is 9.77. The topological polar surface area (TPSA) is 49.4 Å². The average molecular weight is 182 g/mol. The molecule has 1 aliphatic carbocycles. The Balaban J connectivity index is 2.24. The number of imide groups is 1. The molecule has 0 aromatic rings. The third-order valence-electron chi connectivity index (χ3n) is 2.92. The maximum atomic E-state index is 11.8. The van der Waals surface area contributed by atoms with Gasteiger partial charge in [0, 0.05) is 6.04 Å². The SMILES string of the molecule is CC(C)N1C(=O)NC2(CCC2)C1=O. The minimum atomic E-state index is -0.513. The van der Waals surface area contributed by atoms with Crippen LogP contribution in [0.1, 0.15) is 33.1 Å². The van der Waals surface area contributed by atoms with Crippen molar-refractivity contribution in [2.45, 2.75) is 44.7 Å². The van der Waals surface area contributed by atoms with Gasteiger partial charge in [-0.2, -0.15) is 0 Å². The minimum Gasteiger partial charge on any atom is -0.323 e. The molecule has 1 N–H and O–H groups in total. The van der Waals surface area contributed by atoms with Crippen LogP contribution in [0.25, 0.3) is 0 Å². The van der Waals surface area contributed by atoms with E-state index in [2.05, 4.69) is 5.32 Å². The van der Waals surface area contributed by atoms with Crippen LogP contribution in [0.3, 0.4) is 0 Å². The van der Waals surface area contributed by atoms with Crippen LogP contribution >= 0.6 is 0 Å². The van der Waals surface area contributed by atoms with Crippen molar-refractivity contribution in [2.75, 3.05) is 0 Å². The fourth-order valence-corrected chi connectivity index (χ4v) is 1.98. The van der Waals surface area contributed by atoms with Gasteiger partial charge in [-0.1, -0.05) is 0 Å². The molecule has 1 heterocycles. The van der Waals surface area contributed by atoms with Crippen LogP contribution in [-0.2, 0) is 4.79 Å². The first-order chi connectivity index (χ1) is 6.07. The van der Waals surface area contributed by atoms with Crippen molar-refractivity contribution in [2.24, 2.45) is 0 Å². The summed E-state index contributed by atoms with van der Waals surface area (Å²) in [5, 5.41) is 2.79. The van der Waals surface area contributed by atoms with Crippen LogP contribution in [-0.4, -0.2) is 28.4 Å². The molecule has 0 unspecified atom stereocenters. The molecule has 0 aromatic carbocycles. The van der Waals surface area contributed by atoms with E-state index in [9.17, 15) is 9.59 Å². The van der Waals surface area contributed by atoms with Crippen molar-refractivity contribution in [3.8, 4) is 0 Å². The Morgan fingerprint density at radius 2 is 2.00 bits per heavy atom. The number of nitrogens with zero attached hydrogens (tertiary/aromatic N) is 1. The fourth-order valence-electron chi connectivity index (χ4n) is 1.98. The van der Waals surface area contributed by atoms with Crippen LogP contribution < -0.4 is 5.32 Å². The first kappa shape index (κ1) is 8.53. The zero-order chi connectivity index (χ0) is 9.64. The predicted molar refractivity (Wildman–Crippen MR) is 47.1 cm³/mol. The second-order valence-corrected chi connectivity index (χ2v) is 4.13. The lowest BCUT2D eigenvalue weighted by molar-refractivity contribution is -0.135. The third kappa shape index (κ3) is 0.975. The van der Waals surface area contributed by atoms with Crippen LogP contribution in [0.2, 0.25) is 0 Å². The molecule has 0 bridgehead atoms. The van der Waals surface area contributed by atoms with Gasteiger partial charge in [-0.15, -0.1) is 0 Å². The van der Waals surface area contributed by atoms with E-state index in [1.165, 1.54) is 4.90 Å². The summed E-state index contributed by atoms with van der Waals surface area (Å²) >= 11 is 0. The van der Waals surface area contributed by atoms with Crippen molar-refractivity contribution >= 4 is 11.9 Å². The Bertz CT molecular complexity index is 269.